The molecule has 0 aliphatic rings. The fraction of sp³-hybridized carbons (Fsp3) is 0. The Morgan fingerprint density at radius 1 is 0.654 bits per heavy atom. The molecular formula is C19H15N7. The molecule has 3 heterocycles. The van der Waals surface area contributed by atoms with Gasteiger partial charge in [0.15, 0.2) is 0 Å². The number of hydrogen-bond acceptors (Lipinski definition) is 5. The lowest BCUT2D eigenvalue weighted by atomic mass is 10.2. The number of H-pyrrole nitrogens is 2. The van der Waals surface area contributed by atoms with Crippen molar-refractivity contribution < 1.29 is 0 Å². The van der Waals surface area contributed by atoms with Crippen molar-refractivity contribution in [3.63, 3.8) is 0 Å². The molecule has 2 aromatic carbocycles. The predicted molar refractivity (Wildman–Crippen MR) is 103 cm³/mol. The third kappa shape index (κ3) is 2.51. The van der Waals surface area contributed by atoms with Gasteiger partial charge in [0.05, 0.1) is 11.4 Å². The Balaban J connectivity index is 1.46. The maximum Gasteiger partial charge on any atom is 0.232 e. The second-order valence-corrected chi connectivity index (χ2v) is 5.87. The van der Waals surface area contributed by atoms with E-state index in [2.05, 4.69) is 35.6 Å². The second kappa shape index (κ2) is 5.89. The summed E-state index contributed by atoms with van der Waals surface area (Å²) in [5.74, 6) is 0.967. The molecule has 5 aromatic rings. The van der Waals surface area contributed by atoms with Gasteiger partial charge in [-0.05, 0) is 36.4 Å². The van der Waals surface area contributed by atoms with Gasteiger partial charge in [-0.15, -0.1) is 0 Å². The molecule has 126 valence electrons. The van der Waals surface area contributed by atoms with Crippen LogP contribution in [0.2, 0.25) is 0 Å². The highest BCUT2D eigenvalue weighted by Gasteiger charge is 2.07. The average molecular weight is 341 g/mol. The predicted octanol–water partition coefficient (Wildman–Crippen LogP) is 4.32. The molecular weight excluding hydrogens is 326 g/mol. The molecule has 26 heavy (non-hydrogen) atoms. The van der Waals surface area contributed by atoms with Crippen LogP contribution in [0.15, 0.2) is 67.3 Å². The Morgan fingerprint density at radius 2 is 1.19 bits per heavy atom. The zero-order valence-corrected chi connectivity index (χ0v) is 13.7. The van der Waals surface area contributed by atoms with E-state index in [1.165, 1.54) is 6.33 Å². The van der Waals surface area contributed by atoms with Crippen LogP contribution in [-0.4, -0.2) is 24.9 Å². The van der Waals surface area contributed by atoms with Gasteiger partial charge in [0.2, 0.25) is 11.9 Å². The Bertz CT molecular complexity index is 1110. The molecule has 0 amide bonds. The van der Waals surface area contributed by atoms with Crippen molar-refractivity contribution in [1.29, 1.82) is 0 Å². The van der Waals surface area contributed by atoms with Gasteiger partial charge in [0.1, 0.15) is 6.33 Å². The number of anilines is 4. The van der Waals surface area contributed by atoms with E-state index in [1.807, 2.05) is 60.9 Å². The van der Waals surface area contributed by atoms with Gasteiger partial charge in [0.25, 0.3) is 0 Å². The molecule has 7 heteroatoms. The smallest absolute Gasteiger partial charge is 0.232 e. The summed E-state index contributed by atoms with van der Waals surface area (Å²) in [7, 11) is 0. The molecule has 0 saturated heterocycles. The molecule has 3 aromatic heterocycles. The number of aromatic nitrogens is 5. The molecule has 0 fully saturated rings. The number of fused-ring (bicyclic) bond motifs is 2. The summed E-state index contributed by atoms with van der Waals surface area (Å²) in [5, 5.41) is 8.69. The Kier molecular flexibility index (Phi) is 3.28. The fourth-order valence-corrected chi connectivity index (χ4v) is 3.05. The van der Waals surface area contributed by atoms with Gasteiger partial charge < -0.3 is 20.6 Å². The second-order valence-electron chi connectivity index (χ2n) is 5.87. The van der Waals surface area contributed by atoms with E-state index >= 15 is 0 Å². The number of hydrogen-bond donors (Lipinski definition) is 4. The molecule has 0 aliphatic heterocycles. The molecule has 0 aliphatic carbocycles. The molecule has 0 atom stereocenters. The molecule has 0 spiro atoms. The first kappa shape index (κ1) is 14.5. The number of nitrogens with one attached hydrogen (secondary N) is 4. The van der Waals surface area contributed by atoms with Crippen LogP contribution < -0.4 is 10.6 Å². The minimum atomic E-state index is 0.484. The van der Waals surface area contributed by atoms with Crippen molar-refractivity contribution in [3.8, 4) is 0 Å². The number of rotatable bonds is 4. The summed E-state index contributed by atoms with van der Waals surface area (Å²) < 4.78 is 0. The third-order valence-corrected chi connectivity index (χ3v) is 4.25. The average Bonchev–Trinajstić information content (AvgIpc) is 3.32. The maximum atomic E-state index is 4.48. The van der Waals surface area contributed by atoms with E-state index in [9.17, 15) is 0 Å². The SMILES string of the molecule is c1cc(Nc2ncnc(Nc3cccc4[nH]ccc34)n2)c2cc[nH]c2c1. The molecule has 0 radical (unpaired) electrons. The lowest BCUT2D eigenvalue weighted by Gasteiger charge is -2.09. The van der Waals surface area contributed by atoms with Crippen LogP contribution in [0, 0.1) is 0 Å². The van der Waals surface area contributed by atoms with Crippen LogP contribution in [0.1, 0.15) is 0 Å². The summed E-state index contributed by atoms with van der Waals surface area (Å²) in [4.78, 5) is 19.3. The third-order valence-electron chi connectivity index (χ3n) is 4.25. The molecule has 0 unspecified atom stereocenters. The monoisotopic (exact) mass is 341 g/mol. The maximum absolute atomic E-state index is 4.48. The van der Waals surface area contributed by atoms with E-state index in [0.717, 1.165) is 33.2 Å². The summed E-state index contributed by atoms with van der Waals surface area (Å²) in [6.07, 6.45) is 5.31. The minimum Gasteiger partial charge on any atom is -0.361 e. The first-order chi connectivity index (χ1) is 12.9. The van der Waals surface area contributed by atoms with E-state index in [4.69, 9.17) is 0 Å². The standard InChI is InChI=1S/C19H15N7/c1-3-14-12(7-9-20-14)16(5-1)24-18-22-11-23-19(26-18)25-17-6-2-4-15-13(17)8-10-21-15/h1-11,20-21H,(H2,22,23,24,25,26). The highest BCUT2D eigenvalue weighted by Crippen LogP contribution is 2.26. The quantitative estimate of drug-likeness (QED) is 0.390. The van der Waals surface area contributed by atoms with E-state index in [1.54, 1.807) is 0 Å². The van der Waals surface area contributed by atoms with E-state index < -0.39 is 0 Å². The molecule has 7 nitrogen and oxygen atoms in total. The lowest BCUT2D eigenvalue weighted by molar-refractivity contribution is 1.06. The van der Waals surface area contributed by atoms with Crippen LogP contribution in [0.3, 0.4) is 0 Å². The Labute approximate surface area is 148 Å². The number of benzene rings is 2. The first-order valence-corrected chi connectivity index (χ1v) is 8.22. The van der Waals surface area contributed by atoms with Crippen LogP contribution in [-0.2, 0) is 0 Å². The van der Waals surface area contributed by atoms with Crippen LogP contribution >= 0.6 is 0 Å². The zero-order chi connectivity index (χ0) is 17.3. The highest BCUT2D eigenvalue weighted by molar-refractivity contribution is 5.94. The summed E-state index contributed by atoms with van der Waals surface area (Å²) in [6.45, 7) is 0. The summed E-state index contributed by atoms with van der Waals surface area (Å²) in [6, 6.07) is 16.0. The lowest BCUT2D eigenvalue weighted by Crippen LogP contribution is -2.03. The van der Waals surface area contributed by atoms with Gasteiger partial charge in [-0.2, -0.15) is 4.98 Å². The van der Waals surface area contributed by atoms with Gasteiger partial charge >= 0.3 is 0 Å². The van der Waals surface area contributed by atoms with Crippen molar-refractivity contribution in [2.24, 2.45) is 0 Å². The number of aromatic amines is 2. The normalized spacial score (nSPS) is 11.1. The van der Waals surface area contributed by atoms with Gasteiger partial charge in [-0.25, -0.2) is 9.97 Å². The van der Waals surface area contributed by atoms with Crippen LogP contribution in [0.4, 0.5) is 23.3 Å². The largest absolute Gasteiger partial charge is 0.361 e. The van der Waals surface area contributed by atoms with Gasteiger partial charge in [0, 0.05) is 34.2 Å². The summed E-state index contributed by atoms with van der Waals surface area (Å²) >= 11 is 0. The Hall–Kier alpha value is -3.87. The van der Waals surface area contributed by atoms with Crippen molar-refractivity contribution in [2.75, 3.05) is 10.6 Å². The molecule has 5 rings (SSSR count). The minimum absolute atomic E-state index is 0.484. The van der Waals surface area contributed by atoms with Crippen LogP contribution in [0.5, 0.6) is 0 Å². The molecule has 0 bridgehead atoms. The molecule has 0 saturated carbocycles. The van der Waals surface area contributed by atoms with Crippen molar-refractivity contribution in [3.05, 3.63) is 67.3 Å². The van der Waals surface area contributed by atoms with Gasteiger partial charge in [-0.1, -0.05) is 12.1 Å². The van der Waals surface area contributed by atoms with Crippen molar-refractivity contribution in [2.45, 2.75) is 0 Å². The van der Waals surface area contributed by atoms with Crippen molar-refractivity contribution in [1.82, 2.24) is 24.9 Å². The number of nitrogens with zero attached hydrogens (tertiary/aromatic N) is 3. The van der Waals surface area contributed by atoms with Gasteiger partial charge in [-0.3, -0.25) is 0 Å². The van der Waals surface area contributed by atoms with E-state index in [0.29, 0.717) is 11.9 Å². The van der Waals surface area contributed by atoms with Crippen molar-refractivity contribution >= 4 is 45.1 Å². The fourth-order valence-electron chi connectivity index (χ4n) is 3.05. The van der Waals surface area contributed by atoms with E-state index in [-0.39, 0.29) is 0 Å². The first-order valence-electron chi connectivity index (χ1n) is 8.22. The highest BCUT2D eigenvalue weighted by atomic mass is 15.2. The zero-order valence-electron chi connectivity index (χ0n) is 13.7. The Morgan fingerprint density at radius 3 is 1.73 bits per heavy atom. The molecule has 4 N–H and O–H groups in total. The van der Waals surface area contributed by atoms with Crippen LogP contribution in [0.25, 0.3) is 21.8 Å². The summed E-state index contributed by atoms with van der Waals surface area (Å²) in [5.41, 5.74) is 3.99. The topological polar surface area (TPSA) is 94.3 Å².